The van der Waals surface area contributed by atoms with Crippen molar-refractivity contribution in [3.05, 3.63) is 70.1 Å². The van der Waals surface area contributed by atoms with E-state index in [4.69, 9.17) is 0 Å². The SMILES string of the molecule is Cc1cc(C)c(-c2csc(NC(=O)CN3CCN(CC(=O)NCc4ccccc4)CC3)n2)cc1C. The molecule has 2 amide bonds. The Morgan fingerprint density at radius 2 is 1.51 bits per heavy atom. The largest absolute Gasteiger partial charge is 0.351 e. The molecule has 3 aromatic rings. The van der Waals surface area contributed by atoms with Crippen LogP contribution in [0.4, 0.5) is 5.13 Å². The molecule has 0 atom stereocenters. The van der Waals surface area contributed by atoms with E-state index >= 15 is 0 Å². The van der Waals surface area contributed by atoms with Gasteiger partial charge in [0, 0.05) is 43.7 Å². The lowest BCUT2D eigenvalue weighted by molar-refractivity contribution is -0.123. The summed E-state index contributed by atoms with van der Waals surface area (Å²) in [6.07, 6.45) is 0. The van der Waals surface area contributed by atoms with Crippen molar-refractivity contribution in [2.45, 2.75) is 27.3 Å². The Morgan fingerprint density at radius 1 is 0.886 bits per heavy atom. The molecule has 4 rings (SSSR count). The van der Waals surface area contributed by atoms with Gasteiger partial charge < -0.3 is 10.6 Å². The lowest BCUT2D eigenvalue weighted by Crippen LogP contribution is -2.50. The fourth-order valence-electron chi connectivity index (χ4n) is 4.21. The van der Waals surface area contributed by atoms with Crippen LogP contribution in [-0.2, 0) is 16.1 Å². The molecule has 0 spiro atoms. The number of aromatic nitrogens is 1. The molecule has 35 heavy (non-hydrogen) atoms. The zero-order valence-electron chi connectivity index (χ0n) is 20.6. The van der Waals surface area contributed by atoms with Crippen molar-refractivity contribution in [1.29, 1.82) is 0 Å². The number of hydrogen-bond acceptors (Lipinski definition) is 6. The first-order chi connectivity index (χ1) is 16.9. The summed E-state index contributed by atoms with van der Waals surface area (Å²) in [5.74, 6) is -0.0320. The number of piperazine rings is 1. The highest BCUT2D eigenvalue weighted by atomic mass is 32.1. The summed E-state index contributed by atoms with van der Waals surface area (Å²) in [5.41, 5.74) is 6.77. The molecule has 0 saturated carbocycles. The first-order valence-electron chi connectivity index (χ1n) is 12.0. The molecule has 8 heteroatoms. The molecule has 2 N–H and O–H groups in total. The predicted molar refractivity (Wildman–Crippen MR) is 142 cm³/mol. The van der Waals surface area contributed by atoms with E-state index in [0.29, 0.717) is 24.8 Å². The Labute approximate surface area is 211 Å². The van der Waals surface area contributed by atoms with Crippen LogP contribution in [0.5, 0.6) is 0 Å². The van der Waals surface area contributed by atoms with E-state index in [1.54, 1.807) is 0 Å². The second-order valence-corrected chi connectivity index (χ2v) is 10.0. The van der Waals surface area contributed by atoms with Gasteiger partial charge in [-0.05, 0) is 49.1 Å². The number of amides is 2. The molecule has 0 aliphatic carbocycles. The van der Waals surface area contributed by atoms with Crippen LogP contribution in [-0.4, -0.2) is 65.9 Å². The van der Waals surface area contributed by atoms with Crippen molar-refractivity contribution in [1.82, 2.24) is 20.1 Å². The molecule has 2 heterocycles. The van der Waals surface area contributed by atoms with Crippen LogP contribution in [0.3, 0.4) is 0 Å². The van der Waals surface area contributed by atoms with Gasteiger partial charge in [-0.2, -0.15) is 0 Å². The molecule has 1 aliphatic rings. The first-order valence-corrected chi connectivity index (χ1v) is 12.8. The quantitative estimate of drug-likeness (QED) is 0.503. The first kappa shape index (κ1) is 25.0. The molecule has 7 nitrogen and oxygen atoms in total. The minimum absolute atomic E-state index is 0.0265. The van der Waals surface area contributed by atoms with Crippen molar-refractivity contribution < 1.29 is 9.59 Å². The second kappa shape index (κ2) is 11.6. The molecular weight excluding hydrogens is 458 g/mol. The standard InChI is InChI=1S/C27H33N5O2S/c1-19-13-21(3)23(14-20(19)2)24-18-35-27(29-24)30-26(34)17-32-11-9-31(10-12-32)16-25(33)28-15-22-7-5-4-6-8-22/h4-8,13-14,18H,9-12,15-17H2,1-3H3,(H,28,33)(H,29,30,34). The minimum atomic E-state index is -0.0586. The molecule has 1 aromatic heterocycles. The normalized spacial score (nSPS) is 14.6. The summed E-state index contributed by atoms with van der Waals surface area (Å²) in [7, 11) is 0. The molecule has 2 aromatic carbocycles. The Hall–Kier alpha value is -3.07. The maximum absolute atomic E-state index is 12.6. The summed E-state index contributed by atoms with van der Waals surface area (Å²) in [6.45, 7) is 10.6. The van der Waals surface area contributed by atoms with E-state index in [-0.39, 0.29) is 11.8 Å². The van der Waals surface area contributed by atoms with Gasteiger partial charge in [-0.15, -0.1) is 11.3 Å². The number of hydrogen-bond donors (Lipinski definition) is 2. The van der Waals surface area contributed by atoms with Gasteiger partial charge in [-0.25, -0.2) is 4.98 Å². The summed E-state index contributed by atoms with van der Waals surface area (Å²) in [5, 5.41) is 8.54. The molecule has 1 aliphatic heterocycles. The Balaban J connectivity index is 1.20. The van der Waals surface area contributed by atoms with E-state index in [2.05, 4.69) is 58.3 Å². The number of nitrogens with one attached hydrogen (secondary N) is 2. The number of anilines is 1. The Kier molecular flexibility index (Phi) is 8.28. The molecule has 1 fully saturated rings. The Morgan fingerprint density at radius 3 is 2.20 bits per heavy atom. The maximum atomic E-state index is 12.6. The van der Waals surface area contributed by atoms with Gasteiger partial charge in [0.05, 0.1) is 18.8 Å². The molecule has 1 saturated heterocycles. The lowest BCUT2D eigenvalue weighted by Gasteiger charge is -2.33. The van der Waals surface area contributed by atoms with Gasteiger partial charge in [-0.3, -0.25) is 19.4 Å². The second-order valence-electron chi connectivity index (χ2n) is 9.15. The van der Waals surface area contributed by atoms with Crippen LogP contribution >= 0.6 is 11.3 Å². The van der Waals surface area contributed by atoms with Gasteiger partial charge >= 0.3 is 0 Å². The van der Waals surface area contributed by atoms with Gasteiger partial charge in [0.2, 0.25) is 11.8 Å². The van der Waals surface area contributed by atoms with Crippen LogP contribution < -0.4 is 10.6 Å². The molecule has 0 bridgehead atoms. The van der Waals surface area contributed by atoms with Crippen molar-refractivity contribution in [2.24, 2.45) is 0 Å². The van der Waals surface area contributed by atoms with Crippen LogP contribution in [0.1, 0.15) is 22.3 Å². The molecule has 0 radical (unpaired) electrons. The van der Waals surface area contributed by atoms with Gasteiger partial charge in [0.1, 0.15) is 0 Å². The highest BCUT2D eigenvalue weighted by Gasteiger charge is 2.21. The molecule has 0 unspecified atom stereocenters. The van der Waals surface area contributed by atoms with E-state index < -0.39 is 0 Å². The fourth-order valence-corrected chi connectivity index (χ4v) is 4.94. The van der Waals surface area contributed by atoms with Crippen LogP contribution in [0.25, 0.3) is 11.3 Å². The van der Waals surface area contributed by atoms with Crippen molar-refractivity contribution >= 4 is 28.3 Å². The Bertz CT molecular complexity index is 1170. The average Bonchev–Trinajstić information content (AvgIpc) is 3.30. The number of nitrogens with zero attached hydrogens (tertiary/aromatic N) is 3. The van der Waals surface area contributed by atoms with Gasteiger partial charge in [0.25, 0.3) is 0 Å². The maximum Gasteiger partial charge on any atom is 0.240 e. The highest BCUT2D eigenvalue weighted by Crippen LogP contribution is 2.29. The highest BCUT2D eigenvalue weighted by molar-refractivity contribution is 7.14. The monoisotopic (exact) mass is 491 g/mol. The van der Waals surface area contributed by atoms with Crippen molar-refractivity contribution in [2.75, 3.05) is 44.6 Å². The van der Waals surface area contributed by atoms with Gasteiger partial charge in [0.15, 0.2) is 5.13 Å². The zero-order valence-corrected chi connectivity index (χ0v) is 21.5. The summed E-state index contributed by atoms with van der Waals surface area (Å²) in [4.78, 5) is 33.8. The smallest absolute Gasteiger partial charge is 0.240 e. The van der Waals surface area contributed by atoms with Crippen molar-refractivity contribution in [3.8, 4) is 11.3 Å². The zero-order chi connectivity index (χ0) is 24.8. The number of thiazole rings is 1. The third kappa shape index (κ3) is 6.97. The lowest BCUT2D eigenvalue weighted by atomic mass is 9.99. The summed E-state index contributed by atoms with van der Waals surface area (Å²) >= 11 is 1.45. The molecule has 184 valence electrons. The fraction of sp³-hybridized carbons (Fsp3) is 0.370. The molecular formula is C27H33N5O2S. The predicted octanol–water partition coefficient (Wildman–Crippen LogP) is 3.61. The number of carbonyl (C=O) groups excluding carboxylic acids is 2. The van der Waals surface area contributed by atoms with E-state index in [1.807, 2.05) is 35.7 Å². The van der Waals surface area contributed by atoms with Crippen molar-refractivity contribution in [3.63, 3.8) is 0 Å². The number of aryl methyl sites for hydroxylation is 3. The minimum Gasteiger partial charge on any atom is -0.351 e. The number of benzene rings is 2. The van der Waals surface area contributed by atoms with Crippen LogP contribution in [0, 0.1) is 20.8 Å². The topological polar surface area (TPSA) is 77.6 Å². The van der Waals surface area contributed by atoms with Gasteiger partial charge in [-0.1, -0.05) is 36.4 Å². The number of carbonyl (C=O) groups is 2. The third-order valence-corrected chi connectivity index (χ3v) is 7.16. The van der Waals surface area contributed by atoms with E-state index in [0.717, 1.165) is 43.0 Å². The van der Waals surface area contributed by atoms with E-state index in [1.165, 1.54) is 28.0 Å². The van der Waals surface area contributed by atoms with Crippen LogP contribution in [0.15, 0.2) is 47.8 Å². The average molecular weight is 492 g/mol. The number of rotatable bonds is 8. The van der Waals surface area contributed by atoms with E-state index in [9.17, 15) is 9.59 Å². The summed E-state index contributed by atoms with van der Waals surface area (Å²) < 4.78 is 0. The summed E-state index contributed by atoms with van der Waals surface area (Å²) in [6, 6.07) is 14.2. The third-order valence-electron chi connectivity index (χ3n) is 6.40. The van der Waals surface area contributed by atoms with Crippen LogP contribution in [0.2, 0.25) is 0 Å².